The van der Waals surface area contributed by atoms with Crippen LogP contribution in [0, 0.1) is 0 Å². The van der Waals surface area contributed by atoms with E-state index >= 15 is 0 Å². The number of nitrogens with zero attached hydrogens (tertiary/aromatic N) is 1. The van der Waals surface area contributed by atoms with Crippen LogP contribution in [0.2, 0.25) is 5.15 Å². The zero-order valence-electron chi connectivity index (χ0n) is 10.0. The normalized spacial score (nSPS) is 10.3. The summed E-state index contributed by atoms with van der Waals surface area (Å²) in [6, 6.07) is 7.44. The molecule has 1 aromatic heterocycles. The molecule has 0 spiro atoms. The number of pyridine rings is 1. The summed E-state index contributed by atoms with van der Waals surface area (Å²) in [7, 11) is 0. The number of carbonyl (C=O) groups excluding carboxylic acids is 1. The van der Waals surface area contributed by atoms with E-state index in [4.69, 9.17) is 11.6 Å². The van der Waals surface area contributed by atoms with Crippen LogP contribution in [-0.2, 0) is 0 Å². The molecule has 2 rings (SSSR count). The molecule has 18 heavy (non-hydrogen) atoms. The third-order valence-electron chi connectivity index (χ3n) is 2.54. The van der Waals surface area contributed by atoms with Gasteiger partial charge in [-0.15, -0.1) is 0 Å². The molecule has 3 nitrogen and oxygen atoms in total. The Balaban J connectivity index is 2.42. The Hall–Kier alpha value is -1.87. The van der Waals surface area contributed by atoms with E-state index in [0.29, 0.717) is 17.3 Å². The first-order valence-electron chi connectivity index (χ1n) is 5.55. The monoisotopic (exact) mass is 260 g/mol. The lowest BCUT2D eigenvalue weighted by Crippen LogP contribution is -2.25. The van der Waals surface area contributed by atoms with Gasteiger partial charge in [0, 0.05) is 18.1 Å². The van der Waals surface area contributed by atoms with E-state index in [9.17, 15) is 4.79 Å². The average Bonchev–Trinajstić information content (AvgIpc) is 2.37. The van der Waals surface area contributed by atoms with Crippen molar-refractivity contribution in [1.29, 1.82) is 0 Å². The molecule has 0 atom stereocenters. The van der Waals surface area contributed by atoms with Crippen molar-refractivity contribution >= 4 is 28.3 Å². The summed E-state index contributed by atoms with van der Waals surface area (Å²) in [6.45, 7) is 6.06. The van der Waals surface area contributed by atoms with Crippen LogP contribution in [0.1, 0.15) is 17.3 Å². The van der Waals surface area contributed by atoms with Crippen LogP contribution in [0.5, 0.6) is 0 Å². The van der Waals surface area contributed by atoms with Crippen molar-refractivity contribution in [3.05, 3.63) is 53.3 Å². The van der Waals surface area contributed by atoms with Crippen molar-refractivity contribution in [3.63, 3.8) is 0 Å². The van der Waals surface area contributed by atoms with Crippen molar-refractivity contribution in [1.82, 2.24) is 10.3 Å². The molecule has 2 aromatic rings. The van der Waals surface area contributed by atoms with Crippen LogP contribution in [0.25, 0.3) is 10.8 Å². The molecule has 0 saturated heterocycles. The van der Waals surface area contributed by atoms with Crippen molar-refractivity contribution < 1.29 is 4.79 Å². The Labute approximate surface area is 110 Å². The van der Waals surface area contributed by atoms with Gasteiger partial charge in [0.15, 0.2) is 0 Å². The summed E-state index contributed by atoms with van der Waals surface area (Å²) in [5.41, 5.74) is 1.42. The second-order valence-electron chi connectivity index (χ2n) is 4.15. The number of hydrogen-bond donors (Lipinski definition) is 1. The molecule has 1 N–H and O–H groups in total. The first-order chi connectivity index (χ1) is 8.59. The minimum absolute atomic E-state index is 0.168. The Kier molecular flexibility index (Phi) is 3.63. The summed E-state index contributed by atoms with van der Waals surface area (Å²) < 4.78 is 0. The maximum absolute atomic E-state index is 12.0. The third-order valence-corrected chi connectivity index (χ3v) is 2.84. The topological polar surface area (TPSA) is 42.0 Å². The van der Waals surface area contributed by atoms with Gasteiger partial charge in [-0.1, -0.05) is 48.0 Å². The van der Waals surface area contributed by atoms with Crippen molar-refractivity contribution in [2.45, 2.75) is 6.92 Å². The number of amides is 1. The average molecular weight is 261 g/mol. The quantitative estimate of drug-likeness (QED) is 0.680. The SMILES string of the molecule is C=C(C)CNC(=O)c1cnc(Cl)c2ccccc12. The lowest BCUT2D eigenvalue weighted by Gasteiger charge is -2.08. The highest BCUT2D eigenvalue weighted by Crippen LogP contribution is 2.23. The van der Waals surface area contributed by atoms with E-state index in [-0.39, 0.29) is 5.91 Å². The summed E-state index contributed by atoms with van der Waals surface area (Å²) in [5, 5.41) is 4.78. The molecule has 92 valence electrons. The minimum atomic E-state index is -0.168. The fourth-order valence-corrected chi connectivity index (χ4v) is 1.88. The predicted octanol–water partition coefficient (Wildman–Crippen LogP) is 3.19. The molecule has 0 aliphatic heterocycles. The predicted molar refractivity (Wildman–Crippen MR) is 73.9 cm³/mol. The highest BCUT2D eigenvalue weighted by atomic mass is 35.5. The van der Waals surface area contributed by atoms with E-state index < -0.39 is 0 Å². The molecule has 0 saturated carbocycles. The molecular formula is C14H13ClN2O. The zero-order chi connectivity index (χ0) is 13.1. The molecule has 0 bridgehead atoms. The number of carbonyl (C=O) groups is 1. The fourth-order valence-electron chi connectivity index (χ4n) is 1.67. The standard InChI is InChI=1S/C14H13ClN2O/c1-9(2)7-17-14(18)12-8-16-13(15)11-6-4-3-5-10(11)12/h3-6,8H,1,7H2,2H3,(H,17,18). The molecule has 0 aliphatic rings. The smallest absolute Gasteiger partial charge is 0.253 e. The second-order valence-corrected chi connectivity index (χ2v) is 4.51. The summed E-state index contributed by atoms with van der Waals surface area (Å²) in [6.07, 6.45) is 1.50. The van der Waals surface area contributed by atoms with E-state index in [0.717, 1.165) is 16.3 Å². The van der Waals surface area contributed by atoms with E-state index in [1.807, 2.05) is 31.2 Å². The highest BCUT2D eigenvalue weighted by molar-refractivity contribution is 6.34. The molecule has 1 amide bonds. The maximum atomic E-state index is 12.0. The Bertz CT molecular complexity index is 622. The first kappa shape index (κ1) is 12.6. The van der Waals surface area contributed by atoms with Crippen LogP contribution < -0.4 is 5.32 Å². The highest BCUT2D eigenvalue weighted by Gasteiger charge is 2.11. The van der Waals surface area contributed by atoms with Gasteiger partial charge in [-0.2, -0.15) is 0 Å². The number of halogens is 1. The summed E-state index contributed by atoms with van der Waals surface area (Å²) >= 11 is 6.00. The molecule has 1 aromatic carbocycles. The van der Waals surface area contributed by atoms with Gasteiger partial charge in [-0.05, 0) is 12.3 Å². The van der Waals surface area contributed by atoms with Crippen LogP contribution in [0.15, 0.2) is 42.6 Å². The lowest BCUT2D eigenvalue weighted by molar-refractivity contribution is 0.0958. The van der Waals surface area contributed by atoms with Gasteiger partial charge in [-0.3, -0.25) is 4.79 Å². The second kappa shape index (κ2) is 5.19. The van der Waals surface area contributed by atoms with E-state index in [2.05, 4.69) is 16.9 Å². The Morgan fingerprint density at radius 3 is 2.72 bits per heavy atom. The van der Waals surface area contributed by atoms with Gasteiger partial charge < -0.3 is 5.32 Å². The lowest BCUT2D eigenvalue weighted by atomic mass is 10.1. The van der Waals surface area contributed by atoms with Crippen LogP contribution >= 0.6 is 11.6 Å². The number of nitrogens with one attached hydrogen (secondary N) is 1. The van der Waals surface area contributed by atoms with Crippen molar-refractivity contribution in [3.8, 4) is 0 Å². The molecule has 0 fully saturated rings. The molecule has 0 aliphatic carbocycles. The van der Waals surface area contributed by atoms with Gasteiger partial charge in [0.25, 0.3) is 5.91 Å². The van der Waals surface area contributed by atoms with Crippen molar-refractivity contribution in [2.75, 3.05) is 6.54 Å². The Morgan fingerprint density at radius 2 is 2.06 bits per heavy atom. The van der Waals surface area contributed by atoms with Gasteiger partial charge in [0.1, 0.15) is 5.15 Å². The van der Waals surface area contributed by atoms with E-state index in [1.165, 1.54) is 6.20 Å². The van der Waals surface area contributed by atoms with Gasteiger partial charge in [0.05, 0.1) is 5.56 Å². The molecular weight excluding hydrogens is 248 g/mol. The number of benzene rings is 1. The number of rotatable bonds is 3. The fraction of sp³-hybridized carbons (Fsp3) is 0.143. The summed E-state index contributed by atoms with van der Waals surface area (Å²) in [5.74, 6) is -0.168. The minimum Gasteiger partial charge on any atom is -0.348 e. The van der Waals surface area contributed by atoms with Crippen LogP contribution in [0.3, 0.4) is 0 Å². The van der Waals surface area contributed by atoms with Gasteiger partial charge >= 0.3 is 0 Å². The first-order valence-corrected chi connectivity index (χ1v) is 5.93. The maximum Gasteiger partial charge on any atom is 0.253 e. The largest absolute Gasteiger partial charge is 0.348 e. The van der Waals surface area contributed by atoms with Crippen LogP contribution in [0.4, 0.5) is 0 Å². The molecule has 4 heteroatoms. The molecule has 0 radical (unpaired) electrons. The van der Waals surface area contributed by atoms with Crippen molar-refractivity contribution in [2.24, 2.45) is 0 Å². The number of aromatic nitrogens is 1. The van der Waals surface area contributed by atoms with E-state index in [1.54, 1.807) is 0 Å². The van der Waals surface area contributed by atoms with Gasteiger partial charge in [0.2, 0.25) is 0 Å². The molecule has 1 heterocycles. The Morgan fingerprint density at radius 1 is 1.39 bits per heavy atom. The summed E-state index contributed by atoms with van der Waals surface area (Å²) in [4.78, 5) is 16.1. The number of fused-ring (bicyclic) bond motifs is 1. The third kappa shape index (κ3) is 2.51. The zero-order valence-corrected chi connectivity index (χ0v) is 10.8. The van der Waals surface area contributed by atoms with Crippen LogP contribution in [-0.4, -0.2) is 17.4 Å². The molecule has 0 unspecified atom stereocenters. The van der Waals surface area contributed by atoms with Gasteiger partial charge in [-0.25, -0.2) is 4.98 Å². The number of hydrogen-bond acceptors (Lipinski definition) is 2.